The first kappa shape index (κ1) is 21.6. The van der Waals surface area contributed by atoms with E-state index in [1.54, 1.807) is 30.2 Å². The first-order valence-corrected chi connectivity index (χ1v) is 10.6. The van der Waals surface area contributed by atoms with Crippen LogP contribution in [0.5, 0.6) is 5.75 Å². The number of fused-ring (bicyclic) bond motifs is 1. The van der Waals surface area contributed by atoms with Crippen molar-refractivity contribution in [2.75, 3.05) is 26.0 Å². The van der Waals surface area contributed by atoms with Crippen molar-refractivity contribution in [2.45, 2.75) is 19.0 Å². The van der Waals surface area contributed by atoms with Gasteiger partial charge in [-0.15, -0.1) is 0 Å². The summed E-state index contributed by atoms with van der Waals surface area (Å²) >= 11 is 1.24. The smallest absolute Gasteiger partial charge is 0.266 e. The van der Waals surface area contributed by atoms with Gasteiger partial charge in [0, 0.05) is 13.1 Å². The molecule has 0 fully saturated rings. The highest BCUT2D eigenvalue weighted by Crippen LogP contribution is 2.27. The summed E-state index contributed by atoms with van der Waals surface area (Å²) < 4.78 is 6.99. The standard InChI is InChI=1S/C23H25N3O3S/c1-5-25(14-16(2)3)21(27)15-30-23-24-18-11-7-6-10-17(18)22(28)26(23)19-12-8-9-13-20(19)29-4/h6-13H,2,5,14-15H2,1,3-4H3. The third kappa shape index (κ3) is 4.57. The lowest BCUT2D eigenvalue weighted by Gasteiger charge is -2.21. The van der Waals surface area contributed by atoms with Gasteiger partial charge >= 0.3 is 0 Å². The lowest BCUT2D eigenvalue weighted by Crippen LogP contribution is -2.33. The molecule has 0 atom stereocenters. The van der Waals surface area contributed by atoms with E-state index in [1.807, 2.05) is 44.2 Å². The maximum Gasteiger partial charge on any atom is 0.266 e. The van der Waals surface area contributed by atoms with Gasteiger partial charge in [0.25, 0.3) is 5.56 Å². The van der Waals surface area contributed by atoms with Crippen LogP contribution in [0.4, 0.5) is 0 Å². The Morgan fingerprint density at radius 1 is 1.20 bits per heavy atom. The second-order valence-electron chi connectivity index (χ2n) is 6.88. The van der Waals surface area contributed by atoms with Crippen LogP contribution in [0, 0.1) is 0 Å². The first-order valence-electron chi connectivity index (χ1n) is 9.66. The van der Waals surface area contributed by atoms with E-state index in [-0.39, 0.29) is 17.2 Å². The summed E-state index contributed by atoms with van der Waals surface area (Å²) in [7, 11) is 1.56. The number of aromatic nitrogens is 2. The first-order chi connectivity index (χ1) is 14.5. The van der Waals surface area contributed by atoms with Crippen molar-refractivity contribution in [2.24, 2.45) is 0 Å². The number of rotatable bonds is 8. The molecule has 0 saturated heterocycles. The van der Waals surface area contributed by atoms with Gasteiger partial charge in [0.1, 0.15) is 5.75 Å². The van der Waals surface area contributed by atoms with Gasteiger partial charge in [0.05, 0.1) is 29.5 Å². The van der Waals surface area contributed by atoms with Crippen LogP contribution in [0.3, 0.4) is 0 Å². The van der Waals surface area contributed by atoms with Crippen molar-refractivity contribution in [3.63, 3.8) is 0 Å². The van der Waals surface area contributed by atoms with E-state index in [0.29, 0.717) is 40.6 Å². The van der Waals surface area contributed by atoms with Crippen molar-refractivity contribution >= 4 is 28.6 Å². The fraction of sp³-hybridized carbons (Fsp3) is 0.261. The monoisotopic (exact) mass is 423 g/mol. The van der Waals surface area contributed by atoms with E-state index >= 15 is 0 Å². The summed E-state index contributed by atoms with van der Waals surface area (Å²) in [4.78, 5) is 32.5. The number of ether oxygens (including phenoxy) is 1. The Kier molecular flexibility index (Phi) is 6.95. The average molecular weight is 424 g/mol. The normalized spacial score (nSPS) is 10.8. The van der Waals surface area contributed by atoms with Crippen LogP contribution in [-0.2, 0) is 4.79 Å². The lowest BCUT2D eigenvalue weighted by molar-refractivity contribution is -0.127. The molecule has 0 N–H and O–H groups in total. The Morgan fingerprint density at radius 2 is 1.90 bits per heavy atom. The Bertz CT molecular complexity index is 1140. The molecule has 3 rings (SSSR count). The van der Waals surface area contributed by atoms with E-state index in [0.717, 1.165) is 5.57 Å². The van der Waals surface area contributed by atoms with Gasteiger partial charge in [-0.2, -0.15) is 0 Å². The minimum absolute atomic E-state index is 0.0283. The van der Waals surface area contributed by atoms with Gasteiger partial charge in [0.2, 0.25) is 5.91 Å². The number of methoxy groups -OCH3 is 1. The van der Waals surface area contributed by atoms with Crippen LogP contribution in [0.1, 0.15) is 13.8 Å². The molecule has 0 unspecified atom stereocenters. The Morgan fingerprint density at radius 3 is 2.60 bits per heavy atom. The lowest BCUT2D eigenvalue weighted by atomic mass is 10.2. The number of para-hydroxylation sites is 3. The summed E-state index contributed by atoms with van der Waals surface area (Å²) in [5, 5.41) is 0.958. The molecule has 1 heterocycles. The van der Waals surface area contributed by atoms with Crippen LogP contribution < -0.4 is 10.3 Å². The van der Waals surface area contributed by atoms with Gasteiger partial charge in [-0.05, 0) is 38.1 Å². The summed E-state index contributed by atoms with van der Waals surface area (Å²) in [5.41, 5.74) is 1.91. The van der Waals surface area contributed by atoms with Gasteiger partial charge < -0.3 is 9.64 Å². The average Bonchev–Trinajstić information content (AvgIpc) is 2.75. The zero-order valence-corrected chi connectivity index (χ0v) is 18.2. The molecule has 0 spiro atoms. The van der Waals surface area contributed by atoms with Crippen molar-refractivity contribution in [3.05, 3.63) is 71.0 Å². The number of nitrogens with zero attached hydrogens (tertiary/aromatic N) is 3. The number of hydrogen-bond acceptors (Lipinski definition) is 5. The van der Waals surface area contributed by atoms with Crippen LogP contribution in [0.15, 0.2) is 70.6 Å². The minimum atomic E-state index is -0.200. The van der Waals surface area contributed by atoms with Gasteiger partial charge in [-0.1, -0.05) is 48.2 Å². The summed E-state index contributed by atoms with van der Waals surface area (Å²) in [6, 6.07) is 14.5. The van der Waals surface area contributed by atoms with Gasteiger partial charge in [0.15, 0.2) is 5.16 Å². The second kappa shape index (κ2) is 9.63. The highest BCUT2D eigenvalue weighted by Gasteiger charge is 2.19. The highest BCUT2D eigenvalue weighted by atomic mass is 32.2. The number of carbonyl (C=O) groups is 1. The third-order valence-electron chi connectivity index (χ3n) is 4.59. The minimum Gasteiger partial charge on any atom is -0.495 e. The number of carbonyl (C=O) groups excluding carboxylic acids is 1. The molecule has 0 bridgehead atoms. The van der Waals surface area contributed by atoms with E-state index in [4.69, 9.17) is 4.74 Å². The van der Waals surface area contributed by atoms with E-state index in [9.17, 15) is 9.59 Å². The molecule has 0 saturated carbocycles. The van der Waals surface area contributed by atoms with Gasteiger partial charge in [-0.3, -0.25) is 14.2 Å². The molecule has 0 aliphatic carbocycles. The Balaban J connectivity index is 2.06. The van der Waals surface area contributed by atoms with Gasteiger partial charge in [-0.25, -0.2) is 4.98 Å². The molecule has 2 aromatic carbocycles. The summed E-state index contributed by atoms with van der Waals surface area (Å²) in [5.74, 6) is 0.697. The number of thioether (sulfide) groups is 1. The van der Waals surface area contributed by atoms with E-state index < -0.39 is 0 Å². The molecule has 0 aliphatic rings. The largest absolute Gasteiger partial charge is 0.495 e. The zero-order chi connectivity index (χ0) is 21.7. The number of benzene rings is 2. The molecular formula is C23H25N3O3S. The maximum absolute atomic E-state index is 13.3. The van der Waals surface area contributed by atoms with Crippen LogP contribution in [0.2, 0.25) is 0 Å². The molecule has 6 nitrogen and oxygen atoms in total. The molecule has 7 heteroatoms. The van der Waals surface area contributed by atoms with Crippen molar-refractivity contribution in [3.8, 4) is 11.4 Å². The molecule has 3 aromatic rings. The number of likely N-dealkylation sites (N-methyl/N-ethyl adjacent to an activating group) is 1. The van der Waals surface area contributed by atoms with Crippen molar-refractivity contribution < 1.29 is 9.53 Å². The fourth-order valence-corrected chi connectivity index (χ4v) is 4.06. The Labute approximate surface area is 180 Å². The quantitative estimate of drug-likeness (QED) is 0.312. The summed E-state index contributed by atoms with van der Waals surface area (Å²) in [6.45, 7) is 8.83. The van der Waals surface area contributed by atoms with Crippen LogP contribution in [0.25, 0.3) is 16.6 Å². The molecular weight excluding hydrogens is 398 g/mol. The predicted molar refractivity (Wildman–Crippen MR) is 122 cm³/mol. The summed E-state index contributed by atoms with van der Waals surface area (Å²) in [6.07, 6.45) is 0. The second-order valence-corrected chi connectivity index (χ2v) is 7.82. The maximum atomic E-state index is 13.3. The molecule has 156 valence electrons. The molecule has 0 aliphatic heterocycles. The number of hydrogen-bond donors (Lipinski definition) is 0. The molecule has 30 heavy (non-hydrogen) atoms. The third-order valence-corrected chi connectivity index (χ3v) is 5.51. The molecule has 1 aromatic heterocycles. The van der Waals surface area contributed by atoms with E-state index in [2.05, 4.69) is 11.6 Å². The van der Waals surface area contributed by atoms with E-state index in [1.165, 1.54) is 16.3 Å². The van der Waals surface area contributed by atoms with Crippen LogP contribution >= 0.6 is 11.8 Å². The number of amides is 1. The molecule has 1 amide bonds. The topological polar surface area (TPSA) is 64.4 Å². The SMILES string of the molecule is C=C(C)CN(CC)C(=O)CSc1nc2ccccc2c(=O)n1-c1ccccc1OC. The van der Waals surface area contributed by atoms with Crippen molar-refractivity contribution in [1.82, 2.24) is 14.5 Å². The Hall–Kier alpha value is -3.06. The van der Waals surface area contributed by atoms with Crippen molar-refractivity contribution in [1.29, 1.82) is 0 Å². The zero-order valence-electron chi connectivity index (χ0n) is 17.4. The van der Waals surface area contributed by atoms with Crippen LogP contribution in [-0.4, -0.2) is 46.3 Å². The highest BCUT2D eigenvalue weighted by molar-refractivity contribution is 7.99. The predicted octanol–water partition coefficient (Wildman–Crippen LogP) is 3.91. The molecule has 0 radical (unpaired) electrons. The fourth-order valence-electron chi connectivity index (χ4n) is 3.16.